The molecule has 4 nitrogen and oxygen atoms in total. The molecule has 0 amide bonds. The van der Waals surface area contributed by atoms with Crippen molar-refractivity contribution in [2.45, 2.75) is 58.4 Å². The average Bonchev–Trinajstić information content (AvgIpc) is 2.96. The molecule has 1 atom stereocenters. The van der Waals surface area contributed by atoms with E-state index in [4.69, 9.17) is 0 Å². The third-order valence-electron chi connectivity index (χ3n) is 3.93. The van der Waals surface area contributed by atoms with Crippen molar-refractivity contribution in [2.75, 3.05) is 33.2 Å². The highest BCUT2D eigenvalue weighted by atomic mass is 127. The Morgan fingerprint density at radius 3 is 2.40 bits per heavy atom. The fourth-order valence-electron chi connectivity index (χ4n) is 2.66. The van der Waals surface area contributed by atoms with E-state index in [1.165, 1.54) is 51.6 Å². The van der Waals surface area contributed by atoms with E-state index in [9.17, 15) is 0 Å². The van der Waals surface area contributed by atoms with Crippen molar-refractivity contribution in [3.8, 4) is 0 Å². The molecule has 1 aliphatic heterocycles. The van der Waals surface area contributed by atoms with Crippen molar-refractivity contribution in [2.24, 2.45) is 4.99 Å². The summed E-state index contributed by atoms with van der Waals surface area (Å²) in [4.78, 5) is 6.90. The van der Waals surface area contributed by atoms with Crippen LogP contribution in [0.2, 0.25) is 0 Å². The molecule has 0 saturated carbocycles. The Morgan fingerprint density at radius 1 is 1.15 bits per heavy atom. The largest absolute Gasteiger partial charge is 0.356 e. The van der Waals surface area contributed by atoms with Gasteiger partial charge in [0.1, 0.15) is 0 Å². The van der Waals surface area contributed by atoms with Crippen molar-refractivity contribution in [1.82, 2.24) is 15.5 Å². The zero-order valence-electron chi connectivity index (χ0n) is 13.5. The molecule has 0 aromatic rings. The molecule has 1 unspecified atom stereocenters. The van der Waals surface area contributed by atoms with Crippen LogP contribution < -0.4 is 10.6 Å². The third-order valence-corrected chi connectivity index (χ3v) is 3.93. The van der Waals surface area contributed by atoms with Gasteiger partial charge >= 0.3 is 0 Å². The molecule has 0 aromatic carbocycles. The van der Waals surface area contributed by atoms with E-state index < -0.39 is 0 Å². The first-order valence-corrected chi connectivity index (χ1v) is 8.00. The number of likely N-dealkylation sites (tertiary alicyclic amines) is 1. The van der Waals surface area contributed by atoms with Gasteiger partial charge in [-0.25, -0.2) is 0 Å². The number of hydrogen-bond donors (Lipinski definition) is 2. The average molecular weight is 396 g/mol. The maximum atomic E-state index is 4.29. The van der Waals surface area contributed by atoms with Crippen LogP contribution in [0.25, 0.3) is 0 Å². The zero-order valence-corrected chi connectivity index (χ0v) is 15.8. The second-order valence-electron chi connectivity index (χ2n) is 5.39. The first kappa shape index (κ1) is 20.0. The van der Waals surface area contributed by atoms with Crippen LogP contribution >= 0.6 is 24.0 Å². The zero-order chi connectivity index (χ0) is 13.9. The van der Waals surface area contributed by atoms with Gasteiger partial charge in [0.25, 0.3) is 0 Å². The number of unbranched alkanes of at least 4 members (excludes halogenated alkanes) is 2. The molecule has 1 heterocycles. The van der Waals surface area contributed by atoms with Gasteiger partial charge in [0, 0.05) is 26.2 Å². The summed E-state index contributed by atoms with van der Waals surface area (Å²) in [5.41, 5.74) is 0. The first-order valence-electron chi connectivity index (χ1n) is 8.00. The maximum absolute atomic E-state index is 4.29. The molecule has 5 heteroatoms. The highest BCUT2D eigenvalue weighted by molar-refractivity contribution is 14.0. The normalized spacial score (nSPS) is 17.6. The summed E-state index contributed by atoms with van der Waals surface area (Å²) in [6.45, 7) is 9.07. The molecule has 120 valence electrons. The van der Waals surface area contributed by atoms with Crippen LogP contribution in [0, 0.1) is 0 Å². The molecule has 0 radical (unpaired) electrons. The Hall–Kier alpha value is -0.0400. The minimum absolute atomic E-state index is 0. The maximum Gasteiger partial charge on any atom is 0.191 e. The quantitative estimate of drug-likeness (QED) is 0.287. The summed E-state index contributed by atoms with van der Waals surface area (Å²) in [6, 6.07) is 0.650. The fraction of sp³-hybridized carbons (Fsp3) is 0.933. The summed E-state index contributed by atoms with van der Waals surface area (Å²) >= 11 is 0. The van der Waals surface area contributed by atoms with E-state index in [1.807, 2.05) is 7.05 Å². The predicted molar refractivity (Wildman–Crippen MR) is 99.2 cm³/mol. The lowest BCUT2D eigenvalue weighted by molar-refractivity contribution is 0.236. The molecule has 1 fully saturated rings. The number of aliphatic imine (C=N–C) groups is 1. The molecule has 1 rings (SSSR count). The van der Waals surface area contributed by atoms with Crippen LogP contribution in [0.4, 0.5) is 0 Å². The SMILES string of the molecule is CCCCCNC(=NC)NCC(CC)N1CCCC1.I. The third kappa shape index (κ3) is 7.67. The fourth-order valence-corrected chi connectivity index (χ4v) is 2.66. The Labute approximate surface area is 142 Å². The number of nitrogens with one attached hydrogen (secondary N) is 2. The summed E-state index contributed by atoms with van der Waals surface area (Å²) < 4.78 is 0. The van der Waals surface area contributed by atoms with Gasteiger partial charge in [0.05, 0.1) is 0 Å². The molecular weight excluding hydrogens is 363 g/mol. The minimum Gasteiger partial charge on any atom is -0.356 e. The van der Waals surface area contributed by atoms with Crippen LogP contribution in [-0.4, -0.2) is 50.1 Å². The second-order valence-corrected chi connectivity index (χ2v) is 5.39. The lowest BCUT2D eigenvalue weighted by atomic mass is 10.2. The predicted octanol–water partition coefficient (Wildman–Crippen LogP) is 2.83. The van der Waals surface area contributed by atoms with E-state index >= 15 is 0 Å². The lowest BCUT2D eigenvalue weighted by Gasteiger charge is -2.27. The van der Waals surface area contributed by atoms with E-state index in [-0.39, 0.29) is 24.0 Å². The standard InChI is InChI=1S/C15H32N4.HI/c1-4-6-7-10-17-15(16-3)18-13-14(5-2)19-11-8-9-12-19;/h14H,4-13H2,1-3H3,(H2,16,17,18);1H. The van der Waals surface area contributed by atoms with Gasteiger partial charge in [-0.15, -0.1) is 24.0 Å². The molecule has 1 aliphatic rings. The minimum atomic E-state index is 0. The van der Waals surface area contributed by atoms with E-state index in [1.54, 1.807) is 0 Å². The van der Waals surface area contributed by atoms with Crippen LogP contribution in [0.5, 0.6) is 0 Å². The molecule has 2 N–H and O–H groups in total. The number of halogens is 1. The Morgan fingerprint density at radius 2 is 1.85 bits per heavy atom. The number of hydrogen-bond acceptors (Lipinski definition) is 2. The van der Waals surface area contributed by atoms with Crippen LogP contribution in [0.3, 0.4) is 0 Å². The highest BCUT2D eigenvalue weighted by Crippen LogP contribution is 2.13. The van der Waals surface area contributed by atoms with Crippen molar-refractivity contribution in [3.63, 3.8) is 0 Å². The lowest BCUT2D eigenvalue weighted by Crippen LogP contribution is -2.46. The Bertz CT molecular complexity index is 252. The van der Waals surface area contributed by atoms with Gasteiger partial charge in [-0.3, -0.25) is 9.89 Å². The molecular formula is C15H33IN4. The van der Waals surface area contributed by atoms with Gasteiger partial charge in [-0.2, -0.15) is 0 Å². The Balaban J connectivity index is 0.00000361. The molecule has 0 aromatic heterocycles. The van der Waals surface area contributed by atoms with Crippen LogP contribution in [0.15, 0.2) is 4.99 Å². The summed E-state index contributed by atoms with van der Waals surface area (Å²) in [6.07, 6.45) is 7.71. The monoisotopic (exact) mass is 396 g/mol. The van der Waals surface area contributed by atoms with Gasteiger partial charge in [-0.05, 0) is 38.8 Å². The number of nitrogens with zero attached hydrogens (tertiary/aromatic N) is 2. The van der Waals surface area contributed by atoms with E-state index in [0.717, 1.165) is 19.0 Å². The van der Waals surface area contributed by atoms with Crippen LogP contribution in [0.1, 0.15) is 52.4 Å². The topological polar surface area (TPSA) is 39.7 Å². The van der Waals surface area contributed by atoms with Gasteiger partial charge in [-0.1, -0.05) is 26.7 Å². The smallest absolute Gasteiger partial charge is 0.191 e. The number of guanidine groups is 1. The number of rotatable bonds is 8. The van der Waals surface area contributed by atoms with Crippen molar-refractivity contribution < 1.29 is 0 Å². The van der Waals surface area contributed by atoms with E-state index in [2.05, 4.69) is 34.4 Å². The Kier molecular flexibility index (Phi) is 12.7. The molecule has 0 aliphatic carbocycles. The van der Waals surface area contributed by atoms with Crippen molar-refractivity contribution in [1.29, 1.82) is 0 Å². The molecule has 20 heavy (non-hydrogen) atoms. The second kappa shape index (κ2) is 12.7. The van der Waals surface area contributed by atoms with E-state index in [0.29, 0.717) is 6.04 Å². The highest BCUT2D eigenvalue weighted by Gasteiger charge is 2.20. The first-order chi connectivity index (χ1) is 9.31. The van der Waals surface area contributed by atoms with Gasteiger partial charge in [0.15, 0.2) is 5.96 Å². The summed E-state index contributed by atoms with van der Waals surface area (Å²) in [5.74, 6) is 0.953. The molecule has 1 saturated heterocycles. The van der Waals surface area contributed by atoms with Gasteiger partial charge in [0.2, 0.25) is 0 Å². The van der Waals surface area contributed by atoms with Crippen LogP contribution in [-0.2, 0) is 0 Å². The molecule has 0 spiro atoms. The van der Waals surface area contributed by atoms with Gasteiger partial charge < -0.3 is 10.6 Å². The summed E-state index contributed by atoms with van der Waals surface area (Å²) in [7, 11) is 1.85. The molecule has 0 bridgehead atoms. The van der Waals surface area contributed by atoms with Crippen molar-refractivity contribution in [3.05, 3.63) is 0 Å². The summed E-state index contributed by atoms with van der Waals surface area (Å²) in [5, 5.41) is 6.87. The van der Waals surface area contributed by atoms with Crippen molar-refractivity contribution >= 4 is 29.9 Å².